The van der Waals surface area contributed by atoms with Crippen LogP contribution in [0.15, 0.2) is 60.9 Å². The van der Waals surface area contributed by atoms with E-state index in [2.05, 4.69) is 62.7 Å². The van der Waals surface area contributed by atoms with Gasteiger partial charge in [0.2, 0.25) is 5.91 Å². The Hall–Kier alpha value is -4.30. The van der Waals surface area contributed by atoms with E-state index < -0.39 is 0 Å². The first-order valence-corrected chi connectivity index (χ1v) is 12.6. The van der Waals surface area contributed by atoms with Crippen molar-refractivity contribution in [3.05, 3.63) is 71.4 Å². The van der Waals surface area contributed by atoms with Crippen molar-refractivity contribution in [2.24, 2.45) is 0 Å². The van der Waals surface area contributed by atoms with Gasteiger partial charge >= 0.3 is 0 Å². The van der Waals surface area contributed by atoms with E-state index in [0.717, 1.165) is 60.4 Å². The predicted molar refractivity (Wildman–Crippen MR) is 146 cm³/mol. The Morgan fingerprint density at radius 1 is 1.00 bits per heavy atom. The van der Waals surface area contributed by atoms with Crippen LogP contribution in [0.5, 0.6) is 0 Å². The molecular formula is C28H24N6OS. The number of carbonyl (C=O) groups excluding carboxylic acids is 1. The fourth-order valence-corrected chi connectivity index (χ4v) is 5.33. The Kier molecular flexibility index (Phi) is 5.38. The largest absolute Gasteiger partial charge is 0.335 e. The summed E-state index contributed by atoms with van der Waals surface area (Å²) in [5.74, 6) is 0.687. The van der Waals surface area contributed by atoms with E-state index in [0.29, 0.717) is 12.2 Å². The molecule has 0 unspecified atom stereocenters. The lowest BCUT2D eigenvalue weighted by Crippen LogP contribution is -2.09. The van der Waals surface area contributed by atoms with Gasteiger partial charge in [0, 0.05) is 39.0 Å². The fourth-order valence-electron chi connectivity index (χ4n) is 4.45. The van der Waals surface area contributed by atoms with Crippen molar-refractivity contribution >= 4 is 44.9 Å². The van der Waals surface area contributed by atoms with Crippen LogP contribution >= 0.6 is 11.3 Å². The molecule has 0 aliphatic heterocycles. The molecule has 4 heterocycles. The molecular weight excluding hydrogens is 468 g/mol. The summed E-state index contributed by atoms with van der Waals surface area (Å²) in [4.78, 5) is 27.1. The van der Waals surface area contributed by atoms with Crippen LogP contribution in [-0.4, -0.2) is 31.1 Å². The van der Waals surface area contributed by atoms with Gasteiger partial charge in [0.1, 0.15) is 11.2 Å². The third-order valence-corrected chi connectivity index (χ3v) is 7.24. The van der Waals surface area contributed by atoms with E-state index in [9.17, 15) is 4.79 Å². The summed E-state index contributed by atoms with van der Waals surface area (Å²) in [6.45, 7) is 5.97. The molecule has 0 radical (unpaired) electrons. The lowest BCUT2D eigenvalue weighted by Gasteiger charge is -2.09. The Balaban J connectivity index is 1.44. The number of nitrogens with one attached hydrogen (secondary N) is 3. The first kappa shape index (κ1) is 22.2. The van der Waals surface area contributed by atoms with Crippen LogP contribution in [0.1, 0.15) is 23.8 Å². The van der Waals surface area contributed by atoms with E-state index in [4.69, 9.17) is 4.98 Å². The second-order valence-electron chi connectivity index (χ2n) is 8.90. The summed E-state index contributed by atoms with van der Waals surface area (Å²) in [6.07, 6.45) is 4.11. The SMILES string of the molecule is CCC(=O)Nc1cc(C)cc(-c2ccc3[nH]nc(-c4nc5c(-c6ccc(C)s6)cncc5[nH]4)c3c2)c1. The predicted octanol–water partition coefficient (Wildman–Crippen LogP) is 6.86. The number of amides is 1. The number of hydrogen-bond donors (Lipinski definition) is 3. The molecule has 4 aromatic heterocycles. The van der Waals surface area contributed by atoms with Gasteiger partial charge in [-0.05, 0) is 66.9 Å². The number of benzene rings is 2. The number of pyridine rings is 1. The Labute approximate surface area is 211 Å². The summed E-state index contributed by atoms with van der Waals surface area (Å²) < 4.78 is 0. The fraction of sp³-hybridized carbons (Fsp3) is 0.143. The summed E-state index contributed by atoms with van der Waals surface area (Å²) in [6, 6.07) is 16.5. The van der Waals surface area contributed by atoms with Crippen molar-refractivity contribution < 1.29 is 4.79 Å². The van der Waals surface area contributed by atoms with Crippen molar-refractivity contribution in [2.75, 3.05) is 5.32 Å². The number of carbonyl (C=O) groups is 1. The zero-order chi connectivity index (χ0) is 24.8. The van der Waals surface area contributed by atoms with Gasteiger partial charge in [-0.1, -0.05) is 19.1 Å². The van der Waals surface area contributed by atoms with Gasteiger partial charge in [-0.15, -0.1) is 11.3 Å². The molecule has 0 saturated heterocycles. The van der Waals surface area contributed by atoms with Gasteiger partial charge in [-0.3, -0.25) is 14.9 Å². The Morgan fingerprint density at radius 3 is 2.69 bits per heavy atom. The molecule has 3 N–H and O–H groups in total. The van der Waals surface area contributed by atoms with Crippen LogP contribution in [-0.2, 0) is 4.79 Å². The van der Waals surface area contributed by atoms with E-state index >= 15 is 0 Å². The van der Waals surface area contributed by atoms with E-state index in [1.807, 2.05) is 38.2 Å². The molecule has 1 amide bonds. The molecule has 0 atom stereocenters. The van der Waals surface area contributed by atoms with Gasteiger partial charge < -0.3 is 10.3 Å². The zero-order valence-corrected chi connectivity index (χ0v) is 21.0. The van der Waals surface area contributed by atoms with Crippen LogP contribution in [0.4, 0.5) is 5.69 Å². The maximum atomic E-state index is 11.9. The van der Waals surface area contributed by atoms with Gasteiger partial charge in [-0.25, -0.2) is 4.98 Å². The minimum atomic E-state index is -0.00410. The summed E-state index contributed by atoms with van der Waals surface area (Å²) in [5, 5.41) is 11.7. The van der Waals surface area contributed by atoms with E-state index in [1.54, 1.807) is 17.5 Å². The molecule has 2 aromatic carbocycles. The molecule has 0 saturated carbocycles. The van der Waals surface area contributed by atoms with Crippen molar-refractivity contribution in [3.8, 4) is 33.1 Å². The molecule has 7 nitrogen and oxygen atoms in total. The summed E-state index contributed by atoms with van der Waals surface area (Å²) >= 11 is 1.73. The molecule has 0 bridgehead atoms. The average molecular weight is 493 g/mol. The van der Waals surface area contributed by atoms with E-state index in [1.165, 1.54) is 4.88 Å². The van der Waals surface area contributed by atoms with Crippen LogP contribution in [0, 0.1) is 13.8 Å². The number of H-pyrrole nitrogens is 2. The standard InChI is InChI=1S/C28H24N6OS/c1-4-25(35)30-19-10-15(2)9-18(11-19)17-6-7-22-20(12-17)27(34-33-22)28-31-23-14-29-13-21(26(23)32-28)24-8-5-16(3)36-24/h5-14H,4H2,1-3H3,(H,30,35)(H,31,32)(H,33,34). The smallest absolute Gasteiger partial charge is 0.224 e. The second-order valence-corrected chi connectivity index (χ2v) is 10.2. The maximum absolute atomic E-state index is 11.9. The number of aromatic amines is 2. The maximum Gasteiger partial charge on any atom is 0.224 e. The zero-order valence-electron chi connectivity index (χ0n) is 20.1. The molecule has 6 rings (SSSR count). The number of hydrogen-bond acceptors (Lipinski definition) is 5. The second kappa shape index (κ2) is 8.73. The molecule has 0 aliphatic rings. The van der Waals surface area contributed by atoms with Crippen LogP contribution < -0.4 is 5.32 Å². The van der Waals surface area contributed by atoms with Crippen LogP contribution in [0.3, 0.4) is 0 Å². The number of aromatic nitrogens is 5. The monoisotopic (exact) mass is 492 g/mol. The van der Waals surface area contributed by atoms with Gasteiger partial charge in [0.15, 0.2) is 5.82 Å². The highest BCUT2D eigenvalue weighted by molar-refractivity contribution is 7.15. The third-order valence-electron chi connectivity index (χ3n) is 6.20. The van der Waals surface area contributed by atoms with Crippen molar-refractivity contribution in [1.82, 2.24) is 25.1 Å². The molecule has 0 aliphatic carbocycles. The van der Waals surface area contributed by atoms with Gasteiger partial charge in [0.25, 0.3) is 0 Å². The van der Waals surface area contributed by atoms with E-state index in [-0.39, 0.29) is 5.91 Å². The molecule has 8 heteroatoms. The molecule has 178 valence electrons. The van der Waals surface area contributed by atoms with Crippen LogP contribution in [0.25, 0.3) is 55.0 Å². The lowest BCUT2D eigenvalue weighted by atomic mass is 10.0. The molecule has 0 fully saturated rings. The lowest BCUT2D eigenvalue weighted by molar-refractivity contribution is -0.115. The number of imidazole rings is 1. The van der Waals surface area contributed by atoms with Crippen molar-refractivity contribution in [2.45, 2.75) is 27.2 Å². The Bertz CT molecular complexity index is 1760. The number of anilines is 1. The van der Waals surface area contributed by atoms with Gasteiger partial charge in [-0.2, -0.15) is 5.10 Å². The third kappa shape index (κ3) is 3.95. The number of aryl methyl sites for hydroxylation is 2. The van der Waals surface area contributed by atoms with Gasteiger partial charge in [0.05, 0.1) is 17.2 Å². The normalized spacial score (nSPS) is 11.4. The molecule has 36 heavy (non-hydrogen) atoms. The summed E-state index contributed by atoms with van der Waals surface area (Å²) in [7, 11) is 0. The first-order valence-electron chi connectivity index (χ1n) is 11.8. The topological polar surface area (TPSA) is 99.3 Å². The highest BCUT2D eigenvalue weighted by Gasteiger charge is 2.17. The molecule has 6 aromatic rings. The molecule has 0 spiro atoms. The van der Waals surface area contributed by atoms with Crippen molar-refractivity contribution in [1.29, 1.82) is 0 Å². The number of rotatable bonds is 5. The first-order chi connectivity index (χ1) is 17.5. The number of nitrogens with zero attached hydrogens (tertiary/aromatic N) is 3. The van der Waals surface area contributed by atoms with Crippen LogP contribution in [0.2, 0.25) is 0 Å². The quantitative estimate of drug-likeness (QED) is 0.245. The minimum absolute atomic E-state index is 0.00410. The Morgan fingerprint density at radius 2 is 1.89 bits per heavy atom. The number of fused-ring (bicyclic) bond motifs is 2. The minimum Gasteiger partial charge on any atom is -0.335 e. The highest BCUT2D eigenvalue weighted by Crippen LogP contribution is 2.35. The highest BCUT2D eigenvalue weighted by atomic mass is 32.1. The van der Waals surface area contributed by atoms with Crippen molar-refractivity contribution in [3.63, 3.8) is 0 Å². The average Bonchev–Trinajstić information content (AvgIpc) is 3.60. The summed E-state index contributed by atoms with van der Waals surface area (Å²) in [5.41, 5.74) is 8.37. The number of thiophene rings is 1.